The number of aromatic nitrogens is 2. The topological polar surface area (TPSA) is 74.1 Å². The van der Waals surface area contributed by atoms with Crippen LogP contribution in [0.5, 0.6) is 5.88 Å². The fraction of sp³-hybridized carbons (Fsp3) is 0.583. The van der Waals surface area contributed by atoms with Gasteiger partial charge in [-0.1, -0.05) is 0 Å². The molecule has 1 N–H and O–H groups in total. The zero-order valence-electron chi connectivity index (χ0n) is 11.5. The first kappa shape index (κ1) is 14.0. The smallest absolute Gasteiger partial charge is 0.238 e. The van der Waals surface area contributed by atoms with Crippen LogP contribution >= 0.6 is 0 Å². The van der Waals surface area contributed by atoms with Crippen LogP contribution in [0.15, 0.2) is 0 Å². The molecule has 18 heavy (non-hydrogen) atoms. The number of rotatable bonds is 5. The van der Waals surface area contributed by atoms with E-state index in [-0.39, 0.29) is 6.04 Å². The lowest BCUT2D eigenvalue weighted by molar-refractivity contribution is 0.395. The van der Waals surface area contributed by atoms with Gasteiger partial charge in [-0.15, -0.1) is 0 Å². The van der Waals surface area contributed by atoms with E-state index in [1.54, 1.807) is 0 Å². The van der Waals surface area contributed by atoms with Crippen molar-refractivity contribution in [3.8, 4) is 11.9 Å². The van der Waals surface area contributed by atoms with E-state index in [0.717, 1.165) is 6.54 Å². The van der Waals surface area contributed by atoms with Crippen molar-refractivity contribution in [2.45, 2.75) is 26.8 Å². The summed E-state index contributed by atoms with van der Waals surface area (Å²) in [7, 11) is 3.39. The fourth-order valence-corrected chi connectivity index (χ4v) is 1.37. The summed E-state index contributed by atoms with van der Waals surface area (Å²) in [5.74, 6) is 1.34. The normalized spacial score (nSPS) is 10.1. The molecule has 1 heterocycles. The van der Waals surface area contributed by atoms with Gasteiger partial charge < -0.3 is 15.0 Å². The van der Waals surface area contributed by atoms with Gasteiger partial charge in [0.15, 0.2) is 11.4 Å². The quantitative estimate of drug-likeness (QED) is 0.855. The zero-order valence-corrected chi connectivity index (χ0v) is 11.5. The van der Waals surface area contributed by atoms with E-state index in [2.05, 4.69) is 21.4 Å². The van der Waals surface area contributed by atoms with Gasteiger partial charge >= 0.3 is 0 Å². The summed E-state index contributed by atoms with van der Waals surface area (Å²) < 4.78 is 5.15. The third-order valence-corrected chi connectivity index (χ3v) is 2.41. The highest BCUT2D eigenvalue weighted by Crippen LogP contribution is 2.25. The molecule has 0 fully saturated rings. The first-order valence-corrected chi connectivity index (χ1v) is 5.87. The number of nitrogens with zero attached hydrogens (tertiary/aromatic N) is 4. The highest BCUT2D eigenvalue weighted by Gasteiger charge is 2.17. The summed E-state index contributed by atoms with van der Waals surface area (Å²) >= 11 is 0. The minimum Gasteiger partial charge on any atom is -0.480 e. The number of hydrogen-bond acceptors (Lipinski definition) is 6. The predicted octanol–water partition coefficient (Wildman–Crippen LogP) is 1.63. The van der Waals surface area contributed by atoms with Crippen molar-refractivity contribution in [2.75, 3.05) is 30.9 Å². The van der Waals surface area contributed by atoms with Crippen molar-refractivity contribution in [1.82, 2.24) is 9.97 Å². The Balaban J connectivity index is 3.32. The monoisotopic (exact) mass is 249 g/mol. The van der Waals surface area contributed by atoms with Crippen molar-refractivity contribution >= 4 is 11.8 Å². The Morgan fingerprint density at radius 1 is 1.44 bits per heavy atom. The van der Waals surface area contributed by atoms with Crippen LogP contribution in [0.2, 0.25) is 0 Å². The predicted molar refractivity (Wildman–Crippen MR) is 71.0 cm³/mol. The third-order valence-electron chi connectivity index (χ3n) is 2.41. The molecule has 0 atom stereocenters. The molecule has 0 aliphatic rings. The van der Waals surface area contributed by atoms with Gasteiger partial charge in [-0.25, -0.2) is 0 Å². The Labute approximate surface area is 108 Å². The molecule has 98 valence electrons. The van der Waals surface area contributed by atoms with Gasteiger partial charge in [0.1, 0.15) is 6.07 Å². The summed E-state index contributed by atoms with van der Waals surface area (Å²) in [5, 5.41) is 12.3. The van der Waals surface area contributed by atoms with Crippen molar-refractivity contribution in [3.63, 3.8) is 0 Å². The third kappa shape index (κ3) is 3.00. The molecule has 0 radical (unpaired) electrons. The molecule has 0 aliphatic heterocycles. The van der Waals surface area contributed by atoms with Crippen LogP contribution in [0.25, 0.3) is 0 Å². The van der Waals surface area contributed by atoms with Crippen LogP contribution in [0.1, 0.15) is 26.3 Å². The molecule has 6 heteroatoms. The standard InChI is InChI=1S/C12H19N5O/c1-6-17(4)12-15-10(14-8(2)3)9(7-13)11(16-12)18-5/h8H,6H2,1-5H3,(H,14,15,16). The maximum Gasteiger partial charge on any atom is 0.238 e. The van der Waals surface area contributed by atoms with E-state index in [9.17, 15) is 0 Å². The Morgan fingerprint density at radius 2 is 2.11 bits per heavy atom. The van der Waals surface area contributed by atoms with Crippen LogP contribution in [0, 0.1) is 11.3 Å². The summed E-state index contributed by atoms with van der Waals surface area (Å²) in [6.07, 6.45) is 0. The molecule has 1 aromatic heterocycles. The van der Waals surface area contributed by atoms with E-state index >= 15 is 0 Å². The average Bonchev–Trinajstić information content (AvgIpc) is 2.35. The maximum absolute atomic E-state index is 9.17. The molecule has 0 aliphatic carbocycles. The molecule has 1 rings (SSSR count). The number of ether oxygens (including phenoxy) is 1. The zero-order chi connectivity index (χ0) is 13.7. The Morgan fingerprint density at radius 3 is 2.56 bits per heavy atom. The fourth-order valence-electron chi connectivity index (χ4n) is 1.37. The van der Waals surface area contributed by atoms with E-state index in [1.165, 1.54) is 7.11 Å². The molecule has 1 aromatic rings. The van der Waals surface area contributed by atoms with Crippen LogP contribution in [-0.4, -0.2) is 36.7 Å². The van der Waals surface area contributed by atoms with E-state index in [0.29, 0.717) is 23.2 Å². The highest BCUT2D eigenvalue weighted by molar-refractivity contribution is 5.60. The number of anilines is 2. The molecule has 0 aromatic carbocycles. The summed E-state index contributed by atoms with van der Waals surface area (Å²) in [5.41, 5.74) is 0.333. The summed E-state index contributed by atoms with van der Waals surface area (Å²) in [4.78, 5) is 10.5. The van der Waals surface area contributed by atoms with Crippen molar-refractivity contribution in [1.29, 1.82) is 5.26 Å². The SMILES string of the molecule is CCN(C)c1nc(NC(C)C)c(C#N)c(OC)n1. The molecule has 0 saturated heterocycles. The number of nitriles is 1. The summed E-state index contributed by atoms with van der Waals surface area (Å²) in [6.45, 7) is 6.75. The Bertz CT molecular complexity index is 453. The molecule has 0 spiro atoms. The minimum absolute atomic E-state index is 0.177. The lowest BCUT2D eigenvalue weighted by atomic mass is 10.3. The molecule has 6 nitrogen and oxygen atoms in total. The number of methoxy groups -OCH3 is 1. The van der Waals surface area contributed by atoms with E-state index in [1.807, 2.05) is 32.7 Å². The first-order valence-electron chi connectivity index (χ1n) is 5.87. The molecule has 0 amide bonds. The minimum atomic E-state index is 0.177. The second kappa shape index (κ2) is 6.05. The van der Waals surface area contributed by atoms with Gasteiger partial charge in [0, 0.05) is 19.6 Å². The van der Waals surface area contributed by atoms with Gasteiger partial charge in [-0.05, 0) is 20.8 Å². The van der Waals surface area contributed by atoms with Crippen molar-refractivity contribution < 1.29 is 4.74 Å². The van der Waals surface area contributed by atoms with Crippen molar-refractivity contribution in [2.24, 2.45) is 0 Å². The largest absolute Gasteiger partial charge is 0.480 e. The van der Waals surface area contributed by atoms with Gasteiger partial charge in [-0.2, -0.15) is 15.2 Å². The second-order valence-electron chi connectivity index (χ2n) is 4.18. The molecule has 0 unspecified atom stereocenters. The lowest BCUT2D eigenvalue weighted by Crippen LogP contribution is -2.21. The second-order valence-corrected chi connectivity index (χ2v) is 4.18. The van der Waals surface area contributed by atoms with Gasteiger partial charge in [0.05, 0.1) is 7.11 Å². The molecular weight excluding hydrogens is 230 g/mol. The number of nitrogens with one attached hydrogen (secondary N) is 1. The van der Waals surface area contributed by atoms with Crippen molar-refractivity contribution in [3.05, 3.63) is 5.56 Å². The van der Waals surface area contributed by atoms with Crippen LogP contribution in [0.4, 0.5) is 11.8 Å². The van der Waals surface area contributed by atoms with Crippen LogP contribution in [0.3, 0.4) is 0 Å². The molecule has 0 bridgehead atoms. The van der Waals surface area contributed by atoms with Gasteiger partial charge in [-0.3, -0.25) is 0 Å². The van der Waals surface area contributed by atoms with E-state index < -0.39 is 0 Å². The average molecular weight is 249 g/mol. The highest BCUT2D eigenvalue weighted by atomic mass is 16.5. The first-order chi connectivity index (χ1) is 8.53. The Hall–Kier alpha value is -2.03. The molecule has 0 saturated carbocycles. The maximum atomic E-state index is 9.17. The van der Waals surface area contributed by atoms with E-state index in [4.69, 9.17) is 10.00 Å². The lowest BCUT2D eigenvalue weighted by Gasteiger charge is -2.18. The van der Waals surface area contributed by atoms with Gasteiger partial charge in [0.2, 0.25) is 11.8 Å². The summed E-state index contributed by atoms with van der Waals surface area (Å²) in [6, 6.07) is 2.25. The van der Waals surface area contributed by atoms with Crippen LogP contribution in [-0.2, 0) is 0 Å². The van der Waals surface area contributed by atoms with Gasteiger partial charge in [0.25, 0.3) is 0 Å². The Kier molecular flexibility index (Phi) is 4.72. The molecular formula is C12H19N5O. The number of hydrogen-bond donors (Lipinski definition) is 1. The van der Waals surface area contributed by atoms with Crippen LogP contribution < -0.4 is 15.0 Å².